The van der Waals surface area contributed by atoms with Crippen molar-refractivity contribution in [1.82, 2.24) is 0 Å². The molecule has 78 valence electrons. The van der Waals surface area contributed by atoms with Gasteiger partial charge in [0.1, 0.15) is 5.57 Å². The summed E-state index contributed by atoms with van der Waals surface area (Å²) in [6.45, 7) is 18.2. The summed E-state index contributed by atoms with van der Waals surface area (Å²) >= 11 is 2.76. The third-order valence-corrected chi connectivity index (χ3v) is 19.4. The molecule has 0 spiro atoms. The lowest BCUT2D eigenvalue weighted by Crippen LogP contribution is -2.45. The molecule has 0 aromatic carbocycles. The molecular weight excluding hydrogens is 287 g/mol. The molecule has 0 bridgehead atoms. The van der Waals surface area contributed by atoms with Gasteiger partial charge in [0.25, 0.3) is 0 Å². The molecule has 2 heteroatoms. The van der Waals surface area contributed by atoms with Crippen molar-refractivity contribution in [2.45, 2.75) is 57.7 Å². The minimum atomic E-state index is -1.30. The number of rotatable bonds is 2. The van der Waals surface area contributed by atoms with Crippen LogP contribution in [0.4, 0.5) is 0 Å². The van der Waals surface area contributed by atoms with Gasteiger partial charge in [0, 0.05) is 0 Å². The van der Waals surface area contributed by atoms with E-state index in [1.165, 1.54) is 6.04 Å². The number of hydrogen-bond donors (Lipinski definition) is 0. The topological polar surface area (TPSA) is 0 Å². The molecule has 0 heterocycles. The molecule has 0 aliphatic carbocycles. The van der Waals surface area contributed by atoms with Gasteiger partial charge in [0.15, 0.2) is 0 Å². The molecule has 0 fully saturated rings. The molecule has 0 nitrogen and oxygen atoms in total. The van der Waals surface area contributed by atoms with Gasteiger partial charge in [-0.25, -0.2) is 0 Å². The van der Waals surface area contributed by atoms with Gasteiger partial charge in [-0.1, -0.05) is 47.6 Å². The summed E-state index contributed by atoms with van der Waals surface area (Å²) in [7, 11) is 0. The normalized spacial score (nSPS) is 14.4. The summed E-state index contributed by atoms with van der Waals surface area (Å²) in [6, 6.07) is 1.21. The first-order valence-electron chi connectivity index (χ1n) is 4.86. The van der Waals surface area contributed by atoms with Crippen molar-refractivity contribution in [2.24, 2.45) is 0 Å². The summed E-state index contributed by atoms with van der Waals surface area (Å²) in [5, 5.41) is 0.889. The van der Waals surface area contributed by atoms with E-state index in [0.717, 1.165) is 0 Å². The first kappa shape index (κ1) is 13.7. The van der Waals surface area contributed by atoms with Gasteiger partial charge < -0.3 is 0 Å². The van der Waals surface area contributed by atoms with Crippen molar-refractivity contribution in [3.05, 3.63) is 12.7 Å². The maximum Gasteiger partial charge on any atom is 0.139 e. The zero-order valence-corrected chi connectivity index (χ0v) is 13.0. The zero-order valence-electron chi connectivity index (χ0n) is 9.87. The quantitative estimate of drug-likeness (QED) is 0.286. The minimum Gasteiger partial charge on any atom is -0.117 e. The zero-order chi connectivity index (χ0) is 10.9. The van der Waals surface area contributed by atoms with E-state index < -0.39 is 5.57 Å². The van der Waals surface area contributed by atoms with Crippen LogP contribution in [0, 0.1) is 0 Å². The summed E-state index contributed by atoms with van der Waals surface area (Å²) in [5.41, 5.74) is -1.30. The first-order valence-corrected chi connectivity index (χ1v) is 10.2. The molecule has 0 atom stereocenters. The van der Waals surface area contributed by atoms with E-state index in [0.29, 0.717) is 10.1 Å². The first-order chi connectivity index (χ1) is 5.56. The molecular formula is C11H23ISi. The smallest absolute Gasteiger partial charge is 0.117 e. The highest BCUT2D eigenvalue weighted by Gasteiger charge is 2.49. The maximum atomic E-state index is 3.90. The molecule has 0 aliphatic rings. The van der Waals surface area contributed by atoms with Crippen LogP contribution in [0.15, 0.2) is 12.7 Å². The van der Waals surface area contributed by atoms with Gasteiger partial charge in [-0.15, -0.1) is 28.4 Å². The molecule has 0 radical (unpaired) electrons. The van der Waals surface area contributed by atoms with Crippen molar-refractivity contribution in [2.75, 3.05) is 0 Å². The summed E-state index contributed by atoms with van der Waals surface area (Å²) in [6.07, 6.45) is 2.11. The molecule has 0 aliphatic heterocycles. The molecule has 0 unspecified atom stereocenters. The Bertz CT molecular complexity index is 169. The van der Waals surface area contributed by atoms with Gasteiger partial charge in [-0.2, -0.15) is 0 Å². The third-order valence-electron chi connectivity index (χ3n) is 2.80. The molecule has 0 aromatic heterocycles. The molecule has 0 rings (SSSR count). The van der Waals surface area contributed by atoms with Gasteiger partial charge in [0.2, 0.25) is 0 Å². The van der Waals surface area contributed by atoms with Gasteiger partial charge >= 0.3 is 0 Å². The average molecular weight is 310 g/mol. The number of hydrogen-bond acceptors (Lipinski definition) is 0. The number of allylic oxidation sites excluding steroid dienone is 1. The van der Waals surface area contributed by atoms with E-state index in [2.05, 4.69) is 76.0 Å². The van der Waals surface area contributed by atoms with Gasteiger partial charge in [-0.05, 0) is 16.1 Å². The van der Waals surface area contributed by atoms with Crippen LogP contribution in [0.25, 0.3) is 0 Å². The highest BCUT2D eigenvalue weighted by molar-refractivity contribution is 14.1. The van der Waals surface area contributed by atoms with Crippen LogP contribution in [0.3, 0.4) is 0 Å². The Labute approximate surface area is 97.4 Å². The standard InChI is InChI=1S/C11H23ISi/c1-8-9-13(12,10(2,3)4)11(5,6)7/h8H,1,9H2,2-7H3. The summed E-state index contributed by atoms with van der Waals surface area (Å²) in [4.78, 5) is 0. The Kier molecular flexibility index (Phi) is 4.26. The van der Waals surface area contributed by atoms with Crippen LogP contribution in [-0.4, -0.2) is 5.57 Å². The SMILES string of the molecule is C=CC[Si](I)(C(C)(C)C)C(C)(C)C. The van der Waals surface area contributed by atoms with E-state index in [1.807, 2.05) is 0 Å². The van der Waals surface area contributed by atoms with Crippen molar-refractivity contribution in [1.29, 1.82) is 0 Å². The predicted octanol–water partition coefficient (Wildman–Crippen LogP) is 5.15. The van der Waals surface area contributed by atoms with Crippen molar-refractivity contribution in [3.63, 3.8) is 0 Å². The van der Waals surface area contributed by atoms with Crippen molar-refractivity contribution >= 4 is 27.4 Å². The van der Waals surface area contributed by atoms with Crippen LogP contribution in [0.5, 0.6) is 0 Å². The fourth-order valence-electron chi connectivity index (χ4n) is 1.94. The maximum absolute atomic E-state index is 3.90. The highest BCUT2D eigenvalue weighted by atomic mass is 127. The molecule has 13 heavy (non-hydrogen) atoms. The summed E-state index contributed by atoms with van der Waals surface area (Å²) in [5.74, 6) is 0. The van der Waals surface area contributed by atoms with Crippen LogP contribution >= 0.6 is 21.8 Å². The molecule has 0 amide bonds. The van der Waals surface area contributed by atoms with Crippen molar-refractivity contribution in [3.8, 4) is 0 Å². The Morgan fingerprint density at radius 2 is 1.38 bits per heavy atom. The molecule has 0 aromatic rings. The monoisotopic (exact) mass is 310 g/mol. The van der Waals surface area contributed by atoms with Crippen LogP contribution in [0.1, 0.15) is 41.5 Å². The van der Waals surface area contributed by atoms with E-state index >= 15 is 0 Å². The lowest BCUT2D eigenvalue weighted by Gasteiger charge is -2.47. The summed E-state index contributed by atoms with van der Waals surface area (Å²) < 4.78 is 0. The fraction of sp³-hybridized carbons (Fsp3) is 0.818. The Hall–Kier alpha value is 0.687. The fourth-order valence-corrected chi connectivity index (χ4v) is 6.74. The van der Waals surface area contributed by atoms with Crippen molar-refractivity contribution < 1.29 is 0 Å². The Balaban J connectivity index is 5.07. The Morgan fingerprint density at radius 3 is 1.46 bits per heavy atom. The van der Waals surface area contributed by atoms with E-state index in [-0.39, 0.29) is 0 Å². The van der Waals surface area contributed by atoms with Crippen LogP contribution < -0.4 is 0 Å². The van der Waals surface area contributed by atoms with E-state index in [4.69, 9.17) is 0 Å². The second-order valence-corrected chi connectivity index (χ2v) is 16.3. The lowest BCUT2D eigenvalue weighted by molar-refractivity contribution is 0.638. The Morgan fingerprint density at radius 1 is 1.08 bits per heavy atom. The lowest BCUT2D eigenvalue weighted by atomic mass is 10.2. The molecule has 0 N–H and O–H groups in total. The van der Waals surface area contributed by atoms with Gasteiger partial charge in [0.05, 0.1) is 0 Å². The minimum absolute atomic E-state index is 0.444. The van der Waals surface area contributed by atoms with Gasteiger partial charge in [-0.3, -0.25) is 0 Å². The highest BCUT2D eigenvalue weighted by Crippen LogP contribution is 2.57. The number of halogens is 1. The third kappa shape index (κ3) is 2.82. The predicted molar refractivity (Wildman–Crippen MR) is 74.2 cm³/mol. The average Bonchev–Trinajstić information content (AvgIpc) is 1.82. The molecule has 0 saturated carbocycles. The largest absolute Gasteiger partial charge is 0.139 e. The van der Waals surface area contributed by atoms with E-state index in [9.17, 15) is 0 Å². The van der Waals surface area contributed by atoms with Crippen LogP contribution in [0.2, 0.25) is 16.1 Å². The molecule has 0 saturated heterocycles. The second kappa shape index (κ2) is 4.05. The van der Waals surface area contributed by atoms with Crippen LogP contribution in [-0.2, 0) is 0 Å². The van der Waals surface area contributed by atoms with E-state index in [1.54, 1.807) is 0 Å². The second-order valence-electron chi connectivity index (χ2n) is 5.79.